The summed E-state index contributed by atoms with van der Waals surface area (Å²) in [6.45, 7) is 11.0. The molecular weight excluding hydrogens is 452 g/mol. The zero-order valence-electron chi connectivity index (χ0n) is 19.9. The molecule has 0 aliphatic carbocycles. The highest BCUT2D eigenvalue weighted by atomic mass is 32.2. The van der Waals surface area contributed by atoms with Crippen molar-refractivity contribution in [2.45, 2.75) is 18.7 Å². The van der Waals surface area contributed by atoms with E-state index in [-0.39, 0.29) is 16.5 Å². The first-order valence-corrected chi connectivity index (χ1v) is 12.7. The fourth-order valence-corrected chi connectivity index (χ4v) is 5.45. The zero-order valence-corrected chi connectivity index (χ0v) is 20.7. The monoisotopic (exact) mass is 484 g/mol. The van der Waals surface area contributed by atoms with Crippen molar-refractivity contribution in [3.63, 3.8) is 0 Å². The lowest BCUT2D eigenvalue weighted by atomic mass is 10.1. The van der Waals surface area contributed by atoms with Crippen LogP contribution in [0, 0.1) is 24.0 Å². The SMILES string of the molecule is Cc1cccc(N2CCN(C(=O)c3ccc(SCCN4CCOCC4)c([N+](=O)[O-])c3)CC2)c1C. The van der Waals surface area contributed by atoms with E-state index >= 15 is 0 Å². The van der Waals surface area contributed by atoms with Crippen molar-refractivity contribution in [2.75, 3.05) is 69.7 Å². The van der Waals surface area contributed by atoms with E-state index in [9.17, 15) is 14.9 Å². The number of nitro groups is 1. The van der Waals surface area contributed by atoms with Crippen LogP contribution in [0.15, 0.2) is 41.3 Å². The summed E-state index contributed by atoms with van der Waals surface area (Å²) in [6.07, 6.45) is 0. The average Bonchev–Trinajstić information content (AvgIpc) is 2.86. The number of aryl methyl sites for hydroxylation is 1. The molecule has 2 aliphatic heterocycles. The number of piperazine rings is 1. The highest BCUT2D eigenvalue weighted by Crippen LogP contribution is 2.31. The van der Waals surface area contributed by atoms with Gasteiger partial charge in [0.05, 0.1) is 23.0 Å². The van der Waals surface area contributed by atoms with Crippen LogP contribution in [0.25, 0.3) is 0 Å². The number of morpholine rings is 1. The van der Waals surface area contributed by atoms with Crippen LogP contribution in [-0.2, 0) is 4.74 Å². The van der Waals surface area contributed by atoms with Crippen LogP contribution in [0.3, 0.4) is 0 Å². The predicted octanol–water partition coefficient (Wildman–Crippen LogP) is 3.60. The molecule has 2 aliphatic rings. The van der Waals surface area contributed by atoms with E-state index in [1.54, 1.807) is 17.0 Å². The molecule has 34 heavy (non-hydrogen) atoms. The molecular formula is C25H32N4O4S. The maximum atomic E-state index is 13.1. The Morgan fingerprint density at radius 1 is 1.06 bits per heavy atom. The van der Waals surface area contributed by atoms with E-state index in [0.717, 1.165) is 51.7 Å². The molecule has 0 spiro atoms. The number of ether oxygens (including phenoxy) is 1. The molecule has 0 radical (unpaired) electrons. The van der Waals surface area contributed by atoms with Gasteiger partial charge in [-0.1, -0.05) is 12.1 Å². The number of hydrogen-bond acceptors (Lipinski definition) is 7. The van der Waals surface area contributed by atoms with Crippen LogP contribution >= 0.6 is 11.8 Å². The Labute approximate surface area is 205 Å². The van der Waals surface area contributed by atoms with Gasteiger partial charge >= 0.3 is 0 Å². The van der Waals surface area contributed by atoms with Gasteiger partial charge in [0.25, 0.3) is 11.6 Å². The van der Waals surface area contributed by atoms with Crippen LogP contribution in [-0.4, -0.2) is 85.4 Å². The van der Waals surface area contributed by atoms with Gasteiger partial charge in [0, 0.05) is 68.9 Å². The quantitative estimate of drug-likeness (QED) is 0.338. The standard InChI is InChI=1S/C25H32N4O4S/c1-19-4-3-5-22(20(19)2)27-8-10-28(11-9-27)25(30)21-6-7-24(23(18-21)29(31)32)34-17-14-26-12-15-33-16-13-26/h3-7,18H,8-17H2,1-2H3. The van der Waals surface area contributed by atoms with Gasteiger partial charge in [-0.3, -0.25) is 19.8 Å². The molecule has 8 nitrogen and oxygen atoms in total. The third-order valence-corrected chi connectivity index (χ3v) is 7.70. The Bertz CT molecular complexity index is 1030. The molecule has 9 heteroatoms. The number of amides is 1. The smallest absolute Gasteiger partial charge is 0.283 e. The van der Waals surface area contributed by atoms with Crippen molar-refractivity contribution < 1.29 is 14.5 Å². The van der Waals surface area contributed by atoms with Crippen LogP contribution in [0.4, 0.5) is 11.4 Å². The van der Waals surface area contributed by atoms with Gasteiger partial charge in [0.2, 0.25) is 0 Å². The van der Waals surface area contributed by atoms with Crippen molar-refractivity contribution >= 4 is 29.0 Å². The molecule has 2 aromatic rings. The topological polar surface area (TPSA) is 79.2 Å². The highest BCUT2D eigenvalue weighted by Gasteiger charge is 2.25. The normalized spacial score (nSPS) is 17.1. The maximum absolute atomic E-state index is 13.1. The Morgan fingerprint density at radius 3 is 2.50 bits per heavy atom. The Hall–Kier alpha value is -2.62. The first-order chi connectivity index (χ1) is 16.4. The minimum Gasteiger partial charge on any atom is -0.379 e. The predicted molar refractivity (Wildman–Crippen MR) is 135 cm³/mol. The third kappa shape index (κ3) is 5.71. The second kappa shape index (κ2) is 11.2. The fraction of sp³-hybridized carbons (Fsp3) is 0.480. The molecule has 1 amide bonds. The van der Waals surface area contributed by atoms with Gasteiger partial charge in [-0.05, 0) is 43.2 Å². The number of anilines is 1. The molecule has 0 N–H and O–H groups in total. The van der Waals surface area contributed by atoms with Crippen molar-refractivity contribution in [2.24, 2.45) is 0 Å². The highest BCUT2D eigenvalue weighted by molar-refractivity contribution is 7.99. The summed E-state index contributed by atoms with van der Waals surface area (Å²) in [5, 5.41) is 11.7. The maximum Gasteiger partial charge on any atom is 0.283 e. The van der Waals surface area contributed by atoms with E-state index in [1.165, 1.54) is 34.6 Å². The van der Waals surface area contributed by atoms with Crippen molar-refractivity contribution in [1.29, 1.82) is 0 Å². The number of carbonyl (C=O) groups is 1. The number of nitrogens with zero attached hydrogens (tertiary/aromatic N) is 4. The van der Waals surface area contributed by atoms with Gasteiger partial charge in [0.1, 0.15) is 0 Å². The van der Waals surface area contributed by atoms with Gasteiger partial charge in [-0.25, -0.2) is 0 Å². The zero-order chi connectivity index (χ0) is 24.1. The Kier molecular flexibility index (Phi) is 8.07. The number of rotatable bonds is 7. The van der Waals surface area contributed by atoms with Crippen LogP contribution < -0.4 is 4.90 Å². The van der Waals surface area contributed by atoms with E-state index in [4.69, 9.17) is 4.74 Å². The lowest BCUT2D eigenvalue weighted by Gasteiger charge is -2.37. The minimum atomic E-state index is -0.383. The number of hydrogen-bond donors (Lipinski definition) is 0. The lowest BCUT2D eigenvalue weighted by Crippen LogP contribution is -2.49. The Balaban J connectivity index is 1.37. The molecule has 0 aromatic heterocycles. The second-order valence-electron chi connectivity index (χ2n) is 8.74. The van der Waals surface area contributed by atoms with E-state index in [0.29, 0.717) is 23.5 Å². The number of benzene rings is 2. The molecule has 4 rings (SSSR count). The summed E-state index contributed by atoms with van der Waals surface area (Å²) in [6, 6.07) is 11.2. The van der Waals surface area contributed by atoms with Crippen LogP contribution in [0.1, 0.15) is 21.5 Å². The van der Waals surface area contributed by atoms with E-state index < -0.39 is 0 Å². The summed E-state index contributed by atoms with van der Waals surface area (Å²) in [7, 11) is 0. The van der Waals surface area contributed by atoms with Crippen molar-refractivity contribution in [1.82, 2.24) is 9.80 Å². The second-order valence-corrected chi connectivity index (χ2v) is 9.88. The molecule has 2 heterocycles. The largest absolute Gasteiger partial charge is 0.379 e. The molecule has 0 saturated carbocycles. The Morgan fingerprint density at radius 2 is 1.79 bits per heavy atom. The van der Waals surface area contributed by atoms with Gasteiger partial charge in [-0.15, -0.1) is 11.8 Å². The third-order valence-electron chi connectivity index (χ3n) is 6.65. The first kappa shape index (κ1) is 24.5. The summed E-state index contributed by atoms with van der Waals surface area (Å²) in [5.41, 5.74) is 4.11. The number of thioether (sulfide) groups is 1. The van der Waals surface area contributed by atoms with Crippen LogP contribution in [0.2, 0.25) is 0 Å². The van der Waals surface area contributed by atoms with Gasteiger partial charge in [0.15, 0.2) is 0 Å². The fourth-order valence-electron chi connectivity index (χ4n) is 4.44. The lowest BCUT2D eigenvalue weighted by molar-refractivity contribution is -0.387. The van der Waals surface area contributed by atoms with E-state index in [1.807, 2.05) is 0 Å². The molecule has 182 valence electrons. The number of carbonyl (C=O) groups excluding carboxylic acids is 1. The first-order valence-electron chi connectivity index (χ1n) is 11.8. The molecule has 2 aromatic carbocycles. The summed E-state index contributed by atoms with van der Waals surface area (Å²) in [5.74, 6) is 0.614. The van der Waals surface area contributed by atoms with Crippen molar-refractivity contribution in [3.05, 3.63) is 63.2 Å². The van der Waals surface area contributed by atoms with Crippen LogP contribution in [0.5, 0.6) is 0 Å². The molecule has 2 fully saturated rings. The number of nitro benzene ring substituents is 1. The van der Waals surface area contributed by atoms with Gasteiger partial charge in [-0.2, -0.15) is 0 Å². The van der Waals surface area contributed by atoms with Crippen molar-refractivity contribution in [3.8, 4) is 0 Å². The van der Waals surface area contributed by atoms with Gasteiger partial charge < -0.3 is 14.5 Å². The molecule has 0 bridgehead atoms. The van der Waals surface area contributed by atoms with E-state index in [2.05, 4.69) is 41.8 Å². The molecule has 0 atom stereocenters. The summed E-state index contributed by atoms with van der Waals surface area (Å²) < 4.78 is 5.36. The molecule has 0 unspecified atom stereocenters. The molecule has 2 saturated heterocycles. The summed E-state index contributed by atoms with van der Waals surface area (Å²) >= 11 is 1.47. The summed E-state index contributed by atoms with van der Waals surface area (Å²) in [4.78, 5) is 31.5. The average molecular weight is 485 g/mol. The minimum absolute atomic E-state index is 0.00634.